The highest BCUT2D eigenvalue weighted by Gasteiger charge is 2.25. The second-order valence-corrected chi connectivity index (χ2v) is 7.96. The van der Waals surface area contributed by atoms with Gasteiger partial charge in [-0.25, -0.2) is 0 Å². The molecule has 0 amide bonds. The Kier molecular flexibility index (Phi) is 6.49. The van der Waals surface area contributed by atoms with Gasteiger partial charge in [-0.2, -0.15) is 0 Å². The van der Waals surface area contributed by atoms with Crippen LogP contribution in [-0.4, -0.2) is 37.1 Å². The number of aromatic amines is 1. The van der Waals surface area contributed by atoms with Gasteiger partial charge in [0, 0.05) is 30.2 Å². The van der Waals surface area contributed by atoms with E-state index in [0.29, 0.717) is 12.0 Å². The minimum absolute atomic E-state index is 0.0423. The van der Waals surface area contributed by atoms with Crippen LogP contribution in [0.1, 0.15) is 56.2 Å². The summed E-state index contributed by atoms with van der Waals surface area (Å²) in [4.78, 5) is 17.3. The van der Waals surface area contributed by atoms with Crippen LogP contribution in [0.25, 0.3) is 10.9 Å². The highest BCUT2D eigenvalue weighted by molar-refractivity contribution is 5.79. The Bertz CT molecular complexity index is 775. The van der Waals surface area contributed by atoms with E-state index in [4.69, 9.17) is 0 Å². The summed E-state index contributed by atoms with van der Waals surface area (Å²) in [5, 5.41) is 4.98. The number of aryl methyl sites for hydroxylation is 1. The van der Waals surface area contributed by atoms with E-state index in [0.717, 1.165) is 36.0 Å². The maximum atomic E-state index is 12.1. The van der Waals surface area contributed by atoms with Crippen LogP contribution >= 0.6 is 0 Å². The quantitative estimate of drug-likeness (QED) is 0.793. The Morgan fingerprint density at radius 1 is 1.19 bits per heavy atom. The molecule has 0 radical (unpaired) electrons. The molecule has 4 heteroatoms. The van der Waals surface area contributed by atoms with E-state index in [9.17, 15) is 4.79 Å². The first kappa shape index (κ1) is 19.1. The number of fused-ring (bicyclic) bond motifs is 1. The lowest BCUT2D eigenvalue weighted by Gasteiger charge is -2.32. The van der Waals surface area contributed by atoms with Gasteiger partial charge in [0.05, 0.1) is 0 Å². The average molecular weight is 356 g/mol. The fourth-order valence-corrected chi connectivity index (χ4v) is 4.19. The number of benzene rings is 1. The van der Waals surface area contributed by atoms with Gasteiger partial charge in [-0.3, -0.25) is 4.79 Å². The van der Waals surface area contributed by atoms with Gasteiger partial charge in [0.15, 0.2) is 0 Å². The fourth-order valence-electron chi connectivity index (χ4n) is 4.19. The molecule has 0 aliphatic heterocycles. The van der Waals surface area contributed by atoms with Gasteiger partial charge in [-0.1, -0.05) is 32.3 Å². The zero-order chi connectivity index (χ0) is 18.5. The van der Waals surface area contributed by atoms with Crippen LogP contribution in [0.5, 0.6) is 0 Å². The summed E-state index contributed by atoms with van der Waals surface area (Å²) >= 11 is 0. The average Bonchev–Trinajstić information content (AvgIpc) is 2.65. The lowest BCUT2D eigenvalue weighted by atomic mass is 9.81. The molecule has 3 rings (SSSR count). The lowest BCUT2D eigenvalue weighted by Crippen LogP contribution is -2.34. The molecule has 1 saturated carbocycles. The highest BCUT2D eigenvalue weighted by Crippen LogP contribution is 2.35. The Labute approximate surface area is 157 Å². The second kappa shape index (κ2) is 8.83. The molecule has 1 atom stereocenters. The number of pyridine rings is 1. The molecular formula is C22H33N3O. The van der Waals surface area contributed by atoms with Crippen LogP contribution in [0.3, 0.4) is 0 Å². The molecule has 2 N–H and O–H groups in total. The van der Waals surface area contributed by atoms with Crippen molar-refractivity contribution in [2.24, 2.45) is 5.92 Å². The number of aromatic nitrogens is 1. The maximum absolute atomic E-state index is 12.1. The fraction of sp³-hybridized carbons (Fsp3) is 0.591. The molecule has 0 saturated heterocycles. The normalized spacial score (nSPS) is 17.1. The van der Waals surface area contributed by atoms with Gasteiger partial charge in [0.25, 0.3) is 5.56 Å². The zero-order valence-electron chi connectivity index (χ0n) is 16.5. The Balaban J connectivity index is 1.90. The maximum Gasteiger partial charge on any atom is 0.251 e. The summed E-state index contributed by atoms with van der Waals surface area (Å²) in [6.07, 6.45) is 7.45. The van der Waals surface area contributed by atoms with Crippen molar-refractivity contribution in [1.82, 2.24) is 15.2 Å². The van der Waals surface area contributed by atoms with Crippen molar-refractivity contribution in [3.05, 3.63) is 45.7 Å². The number of nitrogens with zero attached hydrogens (tertiary/aromatic N) is 1. The van der Waals surface area contributed by atoms with Gasteiger partial charge < -0.3 is 15.2 Å². The predicted octanol–water partition coefficient (Wildman–Crippen LogP) is 3.86. The van der Waals surface area contributed by atoms with E-state index in [1.165, 1.54) is 37.7 Å². The van der Waals surface area contributed by atoms with Gasteiger partial charge in [-0.05, 0) is 68.4 Å². The summed E-state index contributed by atoms with van der Waals surface area (Å²) in [7, 11) is 4.24. The van der Waals surface area contributed by atoms with Crippen LogP contribution in [0.2, 0.25) is 0 Å². The summed E-state index contributed by atoms with van der Waals surface area (Å²) in [6.45, 7) is 4.08. The molecule has 2 aromatic rings. The van der Waals surface area contributed by atoms with Crippen LogP contribution in [-0.2, 0) is 6.42 Å². The van der Waals surface area contributed by atoms with Gasteiger partial charge >= 0.3 is 0 Å². The van der Waals surface area contributed by atoms with E-state index in [2.05, 4.69) is 53.6 Å². The Morgan fingerprint density at radius 2 is 1.96 bits per heavy atom. The largest absolute Gasteiger partial charge is 0.322 e. The van der Waals surface area contributed by atoms with Crippen molar-refractivity contribution >= 4 is 10.9 Å². The number of H-pyrrole nitrogens is 1. The predicted molar refractivity (Wildman–Crippen MR) is 110 cm³/mol. The third-order valence-corrected chi connectivity index (χ3v) is 5.73. The molecule has 0 spiro atoms. The summed E-state index contributed by atoms with van der Waals surface area (Å²) < 4.78 is 0. The van der Waals surface area contributed by atoms with E-state index < -0.39 is 0 Å². The van der Waals surface area contributed by atoms with Gasteiger partial charge in [0.1, 0.15) is 0 Å². The Morgan fingerprint density at radius 3 is 2.65 bits per heavy atom. The van der Waals surface area contributed by atoms with Crippen LogP contribution in [0.15, 0.2) is 29.1 Å². The highest BCUT2D eigenvalue weighted by atomic mass is 16.1. The number of hydrogen-bond acceptors (Lipinski definition) is 3. The Hall–Kier alpha value is -1.65. The summed E-state index contributed by atoms with van der Waals surface area (Å²) in [6, 6.07) is 9.03. The van der Waals surface area contributed by atoms with Crippen molar-refractivity contribution in [2.45, 2.75) is 51.5 Å². The van der Waals surface area contributed by atoms with E-state index in [-0.39, 0.29) is 5.56 Å². The van der Waals surface area contributed by atoms with Crippen molar-refractivity contribution in [3.63, 3.8) is 0 Å². The molecule has 1 aromatic carbocycles. The standard InChI is InChI=1S/C22H33N3O/c1-4-16-14-19-15-18(10-11-20(19)24-22(16)26)21(23-12-13-25(2)3)17-8-6-5-7-9-17/h10-11,14-15,17,21,23H,4-9,12-13H2,1-3H3,(H,24,26). The third-order valence-electron chi connectivity index (χ3n) is 5.73. The molecule has 1 heterocycles. The molecule has 1 aliphatic rings. The molecule has 4 nitrogen and oxygen atoms in total. The molecule has 1 aliphatic carbocycles. The van der Waals surface area contributed by atoms with Crippen LogP contribution in [0.4, 0.5) is 0 Å². The number of likely N-dealkylation sites (N-methyl/N-ethyl adjacent to an activating group) is 1. The first-order valence-corrected chi connectivity index (χ1v) is 10.1. The molecular weight excluding hydrogens is 322 g/mol. The minimum Gasteiger partial charge on any atom is -0.322 e. The second-order valence-electron chi connectivity index (χ2n) is 7.96. The minimum atomic E-state index is 0.0423. The molecule has 1 unspecified atom stereocenters. The third kappa shape index (κ3) is 4.54. The van der Waals surface area contributed by atoms with Crippen molar-refractivity contribution in [2.75, 3.05) is 27.2 Å². The summed E-state index contributed by atoms with van der Waals surface area (Å²) in [5.74, 6) is 0.705. The lowest BCUT2D eigenvalue weighted by molar-refractivity contribution is 0.263. The number of hydrogen-bond donors (Lipinski definition) is 2. The van der Waals surface area contributed by atoms with Crippen molar-refractivity contribution in [1.29, 1.82) is 0 Å². The molecule has 26 heavy (non-hydrogen) atoms. The van der Waals surface area contributed by atoms with E-state index in [1.807, 2.05) is 6.92 Å². The SMILES string of the molecule is CCc1cc2cc(C(NCCN(C)C)C3CCCCC3)ccc2[nH]c1=O. The smallest absolute Gasteiger partial charge is 0.251 e. The first-order valence-electron chi connectivity index (χ1n) is 10.1. The monoisotopic (exact) mass is 355 g/mol. The number of rotatable bonds is 7. The molecule has 1 fully saturated rings. The number of nitrogens with one attached hydrogen (secondary N) is 2. The van der Waals surface area contributed by atoms with Crippen LogP contribution in [0, 0.1) is 5.92 Å². The zero-order valence-corrected chi connectivity index (χ0v) is 16.5. The van der Waals surface area contributed by atoms with Crippen LogP contribution < -0.4 is 10.9 Å². The van der Waals surface area contributed by atoms with Gasteiger partial charge in [0.2, 0.25) is 0 Å². The van der Waals surface area contributed by atoms with E-state index >= 15 is 0 Å². The molecule has 142 valence electrons. The summed E-state index contributed by atoms with van der Waals surface area (Å²) in [5.41, 5.74) is 3.20. The topological polar surface area (TPSA) is 48.1 Å². The first-order chi connectivity index (χ1) is 12.6. The molecule has 1 aromatic heterocycles. The van der Waals surface area contributed by atoms with Gasteiger partial charge in [-0.15, -0.1) is 0 Å². The van der Waals surface area contributed by atoms with Crippen molar-refractivity contribution < 1.29 is 0 Å². The molecule has 0 bridgehead atoms. The van der Waals surface area contributed by atoms with Crippen molar-refractivity contribution in [3.8, 4) is 0 Å². The van der Waals surface area contributed by atoms with E-state index in [1.54, 1.807) is 0 Å².